The predicted molar refractivity (Wildman–Crippen MR) is 93.7 cm³/mol. The molecule has 0 N–H and O–H groups in total. The van der Waals surface area contributed by atoms with Gasteiger partial charge >= 0.3 is 5.97 Å². The van der Waals surface area contributed by atoms with Crippen molar-refractivity contribution in [2.24, 2.45) is 0 Å². The molecule has 0 aromatic heterocycles. The molecule has 1 saturated heterocycles. The van der Waals surface area contributed by atoms with E-state index in [-0.39, 0.29) is 11.9 Å². The third-order valence-corrected chi connectivity index (χ3v) is 5.62. The molecule has 0 spiro atoms. The van der Waals surface area contributed by atoms with Crippen LogP contribution in [-0.4, -0.2) is 48.0 Å². The van der Waals surface area contributed by atoms with Gasteiger partial charge in [-0.25, -0.2) is 0 Å². The monoisotopic (exact) mass is 335 g/mol. The van der Waals surface area contributed by atoms with E-state index < -0.39 is 0 Å². The Morgan fingerprint density at radius 2 is 2.09 bits per heavy atom. The minimum absolute atomic E-state index is 0.200. The predicted octanol–water partition coefficient (Wildman–Crippen LogP) is 2.74. The van der Waals surface area contributed by atoms with Gasteiger partial charge in [0.15, 0.2) is 0 Å². The lowest BCUT2D eigenvalue weighted by Gasteiger charge is -2.16. The van der Waals surface area contributed by atoms with Gasteiger partial charge in [-0.3, -0.25) is 9.59 Å². The fraction of sp³-hybridized carbons (Fsp3) is 0.556. The molecule has 0 unspecified atom stereocenters. The maximum atomic E-state index is 12.3. The van der Waals surface area contributed by atoms with E-state index in [2.05, 4.69) is 36.8 Å². The van der Waals surface area contributed by atoms with Gasteiger partial charge in [0.1, 0.15) is 0 Å². The molecule has 1 aliphatic heterocycles. The first-order chi connectivity index (χ1) is 11.0. The summed E-state index contributed by atoms with van der Waals surface area (Å²) in [6.45, 7) is 5.74. The van der Waals surface area contributed by atoms with Crippen LogP contribution in [0.4, 0.5) is 0 Å². The van der Waals surface area contributed by atoms with Crippen molar-refractivity contribution in [2.75, 3.05) is 26.0 Å². The summed E-state index contributed by atoms with van der Waals surface area (Å²) in [6, 6.07) is 6.39. The normalized spacial score (nSPS) is 17.3. The number of likely N-dealkylation sites (tertiary alicyclic amines) is 1. The third-order valence-electron chi connectivity index (χ3n) is 4.36. The number of esters is 1. The Labute approximate surface area is 142 Å². The number of thioether (sulfide) groups is 1. The van der Waals surface area contributed by atoms with Crippen LogP contribution in [0.3, 0.4) is 0 Å². The first-order valence-corrected chi connectivity index (χ1v) is 9.07. The van der Waals surface area contributed by atoms with Crippen molar-refractivity contribution in [1.82, 2.24) is 4.90 Å². The molecular formula is C18H25NO3S. The van der Waals surface area contributed by atoms with Crippen LogP contribution in [-0.2, 0) is 20.7 Å². The van der Waals surface area contributed by atoms with Gasteiger partial charge < -0.3 is 9.64 Å². The van der Waals surface area contributed by atoms with Crippen molar-refractivity contribution in [3.8, 4) is 0 Å². The summed E-state index contributed by atoms with van der Waals surface area (Å²) in [5, 5.41) is 0.347. The highest BCUT2D eigenvalue weighted by molar-refractivity contribution is 8.00. The van der Waals surface area contributed by atoms with E-state index >= 15 is 0 Å². The first-order valence-electron chi connectivity index (χ1n) is 8.02. The second kappa shape index (κ2) is 8.39. The molecule has 1 atom stereocenters. The zero-order chi connectivity index (χ0) is 16.8. The minimum atomic E-state index is -0.200. The number of hydrogen-bond acceptors (Lipinski definition) is 4. The van der Waals surface area contributed by atoms with Crippen LogP contribution < -0.4 is 0 Å². The van der Waals surface area contributed by atoms with E-state index in [9.17, 15) is 9.59 Å². The van der Waals surface area contributed by atoms with Crippen LogP contribution in [0.1, 0.15) is 29.5 Å². The molecule has 1 fully saturated rings. The number of nitrogens with zero attached hydrogens (tertiary/aromatic N) is 1. The van der Waals surface area contributed by atoms with Crippen molar-refractivity contribution >= 4 is 23.6 Å². The van der Waals surface area contributed by atoms with Crippen LogP contribution in [0.15, 0.2) is 18.2 Å². The highest BCUT2D eigenvalue weighted by Crippen LogP contribution is 2.23. The lowest BCUT2D eigenvalue weighted by Crippen LogP contribution is -2.29. The summed E-state index contributed by atoms with van der Waals surface area (Å²) in [5.74, 6) is 0.380. The largest absolute Gasteiger partial charge is 0.468 e. The molecule has 4 nitrogen and oxygen atoms in total. The van der Waals surface area contributed by atoms with Crippen molar-refractivity contribution < 1.29 is 14.3 Å². The molecule has 1 heterocycles. The summed E-state index contributed by atoms with van der Waals surface area (Å²) in [5.41, 5.74) is 3.78. The Balaban J connectivity index is 1.76. The molecule has 2 rings (SSSR count). The summed E-state index contributed by atoms with van der Waals surface area (Å²) in [4.78, 5) is 25.4. The average Bonchev–Trinajstić information content (AvgIpc) is 3.02. The summed E-state index contributed by atoms with van der Waals surface area (Å²) >= 11 is 1.59. The van der Waals surface area contributed by atoms with Crippen molar-refractivity contribution in [3.63, 3.8) is 0 Å². The molecule has 1 aliphatic rings. The van der Waals surface area contributed by atoms with Crippen molar-refractivity contribution in [2.45, 2.75) is 38.4 Å². The lowest BCUT2D eigenvalue weighted by atomic mass is 10.0. The zero-order valence-corrected chi connectivity index (χ0v) is 14.9. The summed E-state index contributed by atoms with van der Waals surface area (Å²) < 4.78 is 4.65. The van der Waals surface area contributed by atoms with Crippen LogP contribution >= 0.6 is 11.8 Å². The zero-order valence-electron chi connectivity index (χ0n) is 14.1. The fourth-order valence-electron chi connectivity index (χ4n) is 2.70. The van der Waals surface area contributed by atoms with Crippen LogP contribution in [0.2, 0.25) is 0 Å². The molecule has 0 saturated carbocycles. The SMILES string of the molecule is COC(=O)CS[C@@H]1CCN(C(=O)CCc2ccc(C)c(C)c2)C1. The number of carbonyl (C=O) groups is 2. The van der Waals surface area contributed by atoms with Gasteiger partial charge in [-0.2, -0.15) is 0 Å². The first kappa shape index (κ1) is 17.9. The number of aryl methyl sites for hydroxylation is 3. The number of hydrogen-bond donors (Lipinski definition) is 0. The number of amides is 1. The number of rotatable bonds is 6. The molecule has 1 aromatic rings. The fourth-order valence-corrected chi connectivity index (χ4v) is 3.75. The van der Waals surface area contributed by atoms with Crippen LogP contribution in [0.5, 0.6) is 0 Å². The van der Waals surface area contributed by atoms with E-state index in [1.807, 2.05) is 4.90 Å². The molecule has 1 amide bonds. The minimum Gasteiger partial charge on any atom is -0.468 e. The third kappa shape index (κ3) is 5.27. The van der Waals surface area contributed by atoms with Gasteiger partial charge in [0.2, 0.25) is 5.91 Å². The smallest absolute Gasteiger partial charge is 0.315 e. The van der Waals surface area contributed by atoms with E-state index in [0.29, 0.717) is 17.4 Å². The molecule has 0 aliphatic carbocycles. The quantitative estimate of drug-likeness (QED) is 0.750. The summed E-state index contributed by atoms with van der Waals surface area (Å²) in [7, 11) is 1.40. The Hall–Kier alpha value is -1.49. The molecule has 1 aromatic carbocycles. The van der Waals surface area contributed by atoms with E-state index in [4.69, 9.17) is 0 Å². The van der Waals surface area contributed by atoms with Crippen molar-refractivity contribution in [1.29, 1.82) is 0 Å². The summed E-state index contributed by atoms with van der Waals surface area (Å²) in [6.07, 6.45) is 2.30. The van der Waals surface area contributed by atoms with Gasteiger partial charge in [0.05, 0.1) is 12.9 Å². The standard InChI is InChI=1S/C18H25NO3S/c1-13-4-5-15(10-14(13)2)6-7-17(20)19-9-8-16(11-19)23-12-18(21)22-3/h4-5,10,16H,6-9,11-12H2,1-3H3/t16-/m1/s1. The molecular weight excluding hydrogens is 310 g/mol. The van der Waals surface area contributed by atoms with Crippen molar-refractivity contribution in [3.05, 3.63) is 34.9 Å². The second-order valence-corrected chi connectivity index (χ2v) is 7.34. The van der Waals surface area contributed by atoms with Gasteiger partial charge in [-0.15, -0.1) is 11.8 Å². The number of benzene rings is 1. The number of methoxy groups -OCH3 is 1. The molecule has 126 valence electrons. The molecule has 23 heavy (non-hydrogen) atoms. The average molecular weight is 335 g/mol. The van der Waals surface area contributed by atoms with Crippen LogP contribution in [0, 0.1) is 13.8 Å². The maximum Gasteiger partial charge on any atom is 0.315 e. The van der Waals surface area contributed by atoms with Gasteiger partial charge in [-0.05, 0) is 43.4 Å². The van der Waals surface area contributed by atoms with Gasteiger partial charge in [-0.1, -0.05) is 18.2 Å². The number of ether oxygens (including phenoxy) is 1. The molecule has 0 bridgehead atoms. The Kier molecular flexibility index (Phi) is 6.51. The van der Waals surface area contributed by atoms with Gasteiger partial charge in [0.25, 0.3) is 0 Å². The lowest BCUT2D eigenvalue weighted by molar-refractivity contribution is -0.137. The Bertz CT molecular complexity index is 573. The Morgan fingerprint density at radius 3 is 2.78 bits per heavy atom. The maximum absolute atomic E-state index is 12.3. The van der Waals surface area contributed by atoms with Crippen LogP contribution in [0.25, 0.3) is 0 Å². The second-order valence-electron chi connectivity index (χ2n) is 6.06. The van der Waals surface area contributed by atoms with E-state index in [1.165, 1.54) is 23.8 Å². The Morgan fingerprint density at radius 1 is 1.30 bits per heavy atom. The topological polar surface area (TPSA) is 46.6 Å². The highest BCUT2D eigenvalue weighted by Gasteiger charge is 2.26. The highest BCUT2D eigenvalue weighted by atomic mass is 32.2. The van der Waals surface area contributed by atoms with E-state index in [1.54, 1.807) is 11.8 Å². The molecule has 5 heteroatoms. The molecule has 0 radical (unpaired) electrons. The van der Waals surface area contributed by atoms with E-state index in [0.717, 1.165) is 25.9 Å². The number of carbonyl (C=O) groups excluding carboxylic acids is 2. The van der Waals surface area contributed by atoms with Gasteiger partial charge in [0, 0.05) is 24.8 Å².